The highest BCUT2D eigenvalue weighted by molar-refractivity contribution is 7.16. The highest BCUT2D eigenvalue weighted by Gasteiger charge is 2.28. The summed E-state index contributed by atoms with van der Waals surface area (Å²) in [7, 11) is 0. The minimum absolute atomic E-state index is 0.0197. The number of ether oxygens (including phenoxy) is 1. The molecule has 8 heteroatoms. The van der Waals surface area contributed by atoms with Crippen LogP contribution in [0.1, 0.15) is 17.8 Å². The molecule has 2 aromatic rings. The van der Waals surface area contributed by atoms with Gasteiger partial charge in [-0.1, -0.05) is 11.6 Å². The normalized spacial score (nSPS) is 13.0. The van der Waals surface area contributed by atoms with E-state index in [0.29, 0.717) is 10.0 Å². The maximum atomic E-state index is 12.0. The zero-order chi connectivity index (χ0) is 15.5. The molecule has 21 heavy (non-hydrogen) atoms. The number of thiophene rings is 1. The zero-order valence-electron chi connectivity index (χ0n) is 10.9. The molecular weight excluding hydrogens is 325 g/mol. The lowest BCUT2D eigenvalue weighted by Crippen LogP contribution is -2.19. The number of hydrogen-bond donors (Lipinski definition) is 1. The lowest BCUT2D eigenvalue weighted by molar-refractivity contribution is -0.154. The van der Waals surface area contributed by atoms with Crippen LogP contribution in [0.3, 0.4) is 0 Å². The van der Waals surface area contributed by atoms with E-state index in [1.807, 2.05) is 19.1 Å². The molecule has 0 radical (unpaired) electrons. The lowest BCUT2D eigenvalue weighted by atomic mass is 10.2. The van der Waals surface area contributed by atoms with Gasteiger partial charge in [0.25, 0.3) is 0 Å². The van der Waals surface area contributed by atoms with Crippen molar-refractivity contribution < 1.29 is 17.9 Å². The Hall–Kier alpha value is -1.47. The number of nitrogens with one attached hydrogen (secondary N) is 1. The fraction of sp³-hybridized carbons (Fsp3) is 0.308. The number of hydrogen-bond acceptors (Lipinski definition) is 4. The van der Waals surface area contributed by atoms with Gasteiger partial charge in [-0.15, -0.1) is 11.3 Å². The molecule has 0 bridgehead atoms. The number of rotatable bonds is 5. The molecule has 2 rings (SSSR count). The Labute approximate surface area is 128 Å². The molecule has 114 valence electrons. The van der Waals surface area contributed by atoms with Crippen molar-refractivity contribution in [1.29, 1.82) is 0 Å². The van der Waals surface area contributed by atoms with E-state index in [-0.39, 0.29) is 11.9 Å². The van der Waals surface area contributed by atoms with Gasteiger partial charge < -0.3 is 10.1 Å². The summed E-state index contributed by atoms with van der Waals surface area (Å²) in [5, 5.41) is 3.18. The van der Waals surface area contributed by atoms with Crippen LogP contribution < -0.4 is 10.1 Å². The Morgan fingerprint density at radius 1 is 1.33 bits per heavy atom. The van der Waals surface area contributed by atoms with Crippen molar-refractivity contribution in [2.45, 2.75) is 19.1 Å². The van der Waals surface area contributed by atoms with Crippen molar-refractivity contribution in [3.8, 4) is 5.88 Å². The van der Waals surface area contributed by atoms with E-state index >= 15 is 0 Å². The van der Waals surface area contributed by atoms with Gasteiger partial charge in [0.05, 0.1) is 22.3 Å². The summed E-state index contributed by atoms with van der Waals surface area (Å²) in [6.45, 7) is 0.604. The smallest absolute Gasteiger partial charge is 0.422 e. The van der Waals surface area contributed by atoms with Crippen LogP contribution in [-0.2, 0) is 0 Å². The summed E-state index contributed by atoms with van der Waals surface area (Å²) in [5.74, 6) is -0.0651. The van der Waals surface area contributed by atoms with Crippen LogP contribution in [0.5, 0.6) is 5.88 Å². The highest BCUT2D eigenvalue weighted by atomic mass is 35.5. The standard InChI is InChI=1S/C13H12ClF3N2OS/c1-8(10-3-4-11(14)21-10)19-9-2-5-12(18-6-9)20-7-13(15,16)17/h2-6,8,19H,7H2,1H3. The van der Waals surface area contributed by atoms with Crippen LogP contribution in [0, 0.1) is 0 Å². The van der Waals surface area contributed by atoms with Crippen LogP contribution >= 0.6 is 22.9 Å². The van der Waals surface area contributed by atoms with Gasteiger partial charge in [-0.05, 0) is 25.1 Å². The van der Waals surface area contributed by atoms with Gasteiger partial charge in [0.15, 0.2) is 6.61 Å². The molecule has 1 atom stereocenters. The summed E-state index contributed by atoms with van der Waals surface area (Å²) in [5.41, 5.74) is 0.686. The van der Waals surface area contributed by atoms with Gasteiger partial charge in [0.2, 0.25) is 5.88 Å². The fourth-order valence-corrected chi connectivity index (χ4v) is 2.65. The average molecular weight is 337 g/mol. The summed E-state index contributed by atoms with van der Waals surface area (Å²) < 4.78 is 41.3. The van der Waals surface area contributed by atoms with Crippen molar-refractivity contribution in [3.05, 3.63) is 39.7 Å². The van der Waals surface area contributed by atoms with Gasteiger partial charge in [-0.25, -0.2) is 4.98 Å². The maximum Gasteiger partial charge on any atom is 0.422 e. The second kappa shape index (κ2) is 6.53. The molecule has 0 aliphatic carbocycles. The second-order valence-corrected chi connectivity index (χ2v) is 6.04. The minimum Gasteiger partial charge on any atom is -0.468 e. The van der Waals surface area contributed by atoms with Crippen LogP contribution in [0.2, 0.25) is 4.34 Å². The number of nitrogens with zero attached hydrogens (tertiary/aromatic N) is 1. The van der Waals surface area contributed by atoms with E-state index in [1.54, 1.807) is 6.07 Å². The topological polar surface area (TPSA) is 34.1 Å². The Balaban J connectivity index is 1.93. The molecule has 0 aromatic carbocycles. The molecule has 0 saturated carbocycles. The quantitative estimate of drug-likeness (QED) is 0.842. The summed E-state index contributed by atoms with van der Waals surface area (Å²) >= 11 is 7.33. The summed E-state index contributed by atoms with van der Waals surface area (Å²) in [6.07, 6.45) is -2.94. The molecule has 1 N–H and O–H groups in total. The van der Waals surface area contributed by atoms with Crippen LogP contribution in [0.15, 0.2) is 30.5 Å². The Bertz CT molecular complexity index is 586. The number of alkyl halides is 3. The molecule has 0 aliphatic heterocycles. The van der Waals surface area contributed by atoms with Gasteiger partial charge in [-0.2, -0.15) is 13.2 Å². The second-order valence-electron chi connectivity index (χ2n) is 4.30. The van der Waals surface area contributed by atoms with Crippen molar-refractivity contribution in [2.75, 3.05) is 11.9 Å². The third-order valence-electron chi connectivity index (χ3n) is 2.52. The summed E-state index contributed by atoms with van der Waals surface area (Å²) in [6, 6.07) is 6.75. The van der Waals surface area contributed by atoms with Crippen molar-refractivity contribution in [2.24, 2.45) is 0 Å². The molecule has 2 heterocycles. The Kier molecular flexibility index (Phi) is 4.95. The van der Waals surface area contributed by atoms with Gasteiger partial charge in [0, 0.05) is 10.9 Å². The molecule has 2 aromatic heterocycles. The molecule has 0 amide bonds. The van der Waals surface area contributed by atoms with Gasteiger partial charge in [0.1, 0.15) is 0 Å². The SMILES string of the molecule is CC(Nc1ccc(OCC(F)(F)F)nc1)c1ccc(Cl)s1. The maximum absolute atomic E-state index is 12.0. The van der Waals surface area contributed by atoms with Crippen molar-refractivity contribution in [3.63, 3.8) is 0 Å². The molecular formula is C13H12ClF3N2OS. The van der Waals surface area contributed by atoms with E-state index in [1.165, 1.54) is 23.6 Å². The number of halogens is 4. The predicted octanol–water partition coefficient (Wildman–Crippen LogP) is 4.91. The van der Waals surface area contributed by atoms with E-state index in [4.69, 9.17) is 11.6 Å². The first kappa shape index (κ1) is 15.9. The van der Waals surface area contributed by atoms with E-state index in [9.17, 15) is 13.2 Å². The van der Waals surface area contributed by atoms with Crippen molar-refractivity contribution >= 4 is 28.6 Å². The molecule has 0 fully saturated rings. The van der Waals surface area contributed by atoms with Gasteiger partial charge >= 0.3 is 6.18 Å². The fourth-order valence-electron chi connectivity index (χ4n) is 1.59. The third-order valence-corrected chi connectivity index (χ3v) is 3.94. The Morgan fingerprint density at radius 2 is 2.10 bits per heavy atom. The highest BCUT2D eigenvalue weighted by Crippen LogP contribution is 2.29. The number of pyridine rings is 1. The molecule has 3 nitrogen and oxygen atoms in total. The molecule has 1 unspecified atom stereocenters. The third kappa shape index (κ3) is 5.09. The first-order chi connectivity index (χ1) is 9.83. The number of aromatic nitrogens is 1. The lowest BCUT2D eigenvalue weighted by Gasteiger charge is -2.14. The zero-order valence-corrected chi connectivity index (χ0v) is 12.5. The largest absolute Gasteiger partial charge is 0.468 e. The monoisotopic (exact) mass is 336 g/mol. The van der Waals surface area contributed by atoms with Crippen LogP contribution in [-0.4, -0.2) is 17.8 Å². The molecule has 0 aliphatic rings. The first-order valence-electron chi connectivity index (χ1n) is 6.01. The predicted molar refractivity (Wildman–Crippen MR) is 77.2 cm³/mol. The van der Waals surface area contributed by atoms with Crippen LogP contribution in [0.4, 0.5) is 18.9 Å². The Morgan fingerprint density at radius 3 is 2.62 bits per heavy atom. The minimum atomic E-state index is -4.37. The molecule has 0 spiro atoms. The van der Waals surface area contributed by atoms with E-state index < -0.39 is 12.8 Å². The number of anilines is 1. The van der Waals surface area contributed by atoms with E-state index in [2.05, 4.69) is 15.0 Å². The first-order valence-corrected chi connectivity index (χ1v) is 7.20. The molecule has 0 saturated heterocycles. The van der Waals surface area contributed by atoms with Crippen LogP contribution in [0.25, 0.3) is 0 Å². The van der Waals surface area contributed by atoms with Crippen molar-refractivity contribution in [1.82, 2.24) is 4.98 Å². The van der Waals surface area contributed by atoms with Gasteiger partial charge in [-0.3, -0.25) is 0 Å². The average Bonchev–Trinajstić information content (AvgIpc) is 2.84. The van der Waals surface area contributed by atoms with E-state index in [0.717, 1.165) is 4.88 Å². The summed E-state index contributed by atoms with van der Waals surface area (Å²) in [4.78, 5) is 4.88.